The minimum atomic E-state index is -0.375. The summed E-state index contributed by atoms with van der Waals surface area (Å²) in [5.41, 5.74) is 6.85. The normalized spacial score (nSPS) is 14.0. The second-order valence-corrected chi connectivity index (χ2v) is 9.26. The van der Waals surface area contributed by atoms with Crippen molar-refractivity contribution in [3.05, 3.63) is 99.2 Å². The van der Waals surface area contributed by atoms with Gasteiger partial charge in [0.15, 0.2) is 0 Å². The Morgan fingerprint density at radius 3 is 2.09 bits per heavy atom. The average Bonchev–Trinajstić information content (AvgIpc) is 3.01. The van der Waals surface area contributed by atoms with Crippen molar-refractivity contribution in [2.24, 2.45) is 0 Å². The molecular weight excluding hydrogens is 432 g/mol. The van der Waals surface area contributed by atoms with Crippen molar-refractivity contribution in [1.29, 1.82) is 0 Å². The van der Waals surface area contributed by atoms with Crippen molar-refractivity contribution in [1.82, 2.24) is 0 Å². The Kier molecular flexibility index (Phi) is 6.13. The van der Waals surface area contributed by atoms with E-state index in [-0.39, 0.29) is 17.5 Å². The Hall–Kier alpha value is -3.37. The van der Waals surface area contributed by atoms with Crippen LogP contribution in [0, 0.1) is 20.8 Å². The van der Waals surface area contributed by atoms with Crippen molar-refractivity contribution in [3.63, 3.8) is 0 Å². The van der Waals surface area contributed by atoms with Gasteiger partial charge in [-0.25, -0.2) is 4.90 Å². The first-order chi connectivity index (χ1) is 15.7. The zero-order valence-corrected chi connectivity index (χ0v) is 20.2. The summed E-state index contributed by atoms with van der Waals surface area (Å²) in [5, 5.41) is 3.85. The number of benzene rings is 3. The Balaban J connectivity index is 1.82. The minimum Gasteiger partial charge on any atom is -0.350 e. The van der Waals surface area contributed by atoms with E-state index < -0.39 is 0 Å². The highest BCUT2D eigenvalue weighted by atomic mass is 35.5. The zero-order valence-electron chi connectivity index (χ0n) is 19.5. The van der Waals surface area contributed by atoms with Gasteiger partial charge in [-0.2, -0.15) is 0 Å². The minimum absolute atomic E-state index is 0.265. The number of hydrogen-bond donors (Lipinski definition) is 1. The quantitative estimate of drug-likeness (QED) is 0.428. The van der Waals surface area contributed by atoms with Gasteiger partial charge in [0.1, 0.15) is 5.70 Å². The van der Waals surface area contributed by atoms with E-state index in [0.29, 0.717) is 27.8 Å². The van der Waals surface area contributed by atoms with E-state index >= 15 is 0 Å². The molecule has 1 aliphatic rings. The maximum absolute atomic E-state index is 13.7. The first-order valence-corrected chi connectivity index (χ1v) is 11.4. The van der Waals surface area contributed by atoms with Crippen LogP contribution in [0.5, 0.6) is 0 Å². The molecule has 0 spiro atoms. The van der Waals surface area contributed by atoms with Crippen LogP contribution >= 0.6 is 11.6 Å². The summed E-state index contributed by atoms with van der Waals surface area (Å²) in [7, 11) is 0. The Morgan fingerprint density at radius 1 is 0.788 bits per heavy atom. The van der Waals surface area contributed by atoms with Crippen LogP contribution in [0.1, 0.15) is 47.6 Å². The summed E-state index contributed by atoms with van der Waals surface area (Å²) >= 11 is 6.11. The van der Waals surface area contributed by atoms with E-state index in [1.54, 1.807) is 6.07 Å². The molecule has 0 aliphatic carbocycles. The molecule has 33 heavy (non-hydrogen) atoms. The fourth-order valence-corrected chi connectivity index (χ4v) is 4.18. The van der Waals surface area contributed by atoms with Crippen LogP contribution in [0.2, 0.25) is 5.02 Å². The van der Waals surface area contributed by atoms with Crippen LogP contribution in [0.25, 0.3) is 5.57 Å². The molecule has 4 nitrogen and oxygen atoms in total. The highest BCUT2D eigenvalue weighted by Gasteiger charge is 2.40. The van der Waals surface area contributed by atoms with E-state index in [2.05, 4.69) is 19.2 Å². The average molecular weight is 459 g/mol. The van der Waals surface area contributed by atoms with Gasteiger partial charge >= 0.3 is 0 Å². The van der Waals surface area contributed by atoms with E-state index in [1.165, 1.54) is 4.90 Å². The summed E-state index contributed by atoms with van der Waals surface area (Å²) in [4.78, 5) is 28.5. The molecule has 2 amide bonds. The summed E-state index contributed by atoms with van der Waals surface area (Å²) in [6.07, 6.45) is 0. The fourth-order valence-electron chi connectivity index (χ4n) is 3.96. The largest absolute Gasteiger partial charge is 0.350 e. The van der Waals surface area contributed by atoms with Crippen LogP contribution < -0.4 is 10.2 Å². The Morgan fingerprint density at radius 2 is 1.48 bits per heavy atom. The molecule has 0 saturated carbocycles. The van der Waals surface area contributed by atoms with Gasteiger partial charge in [-0.05, 0) is 84.8 Å². The SMILES string of the molecule is Cc1ccc(C2=C(Nc3ccc(Cl)cc3C)C(=O)N(c3ccc(C(C)C)cc3)C2=O)cc1C. The topological polar surface area (TPSA) is 49.4 Å². The number of hydrogen-bond acceptors (Lipinski definition) is 3. The van der Waals surface area contributed by atoms with Gasteiger partial charge in [0, 0.05) is 10.7 Å². The van der Waals surface area contributed by atoms with Gasteiger partial charge in [0.05, 0.1) is 11.3 Å². The molecule has 3 aromatic rings. The summed E-state index contributed by atoms with van der Waals surface area (Å²) in [6.45, 7) is 10.1. The number of carbonyl (C=O) groups is 2. The van der Waals surface area contributed by atoms with Crippen LogP contribution in [-0.4, -0.2) is 11.8 Å². The second-order valence-electron chi connectivity index (χ2n) is 8.83. The molecule has 168 valence electrons. The summed E-state index contributed by atoms with van der Waals surface area (Å²) < 4.78 is 0. The molecule has 0 aromatic heterocycles. The Bertz CT molecular complexity index is 1290. The lowest BCUT2D eigenvalue weighted by atomic mass is 9.99. The van der Waals surface area contributed by atoms with Crippen molar-refractivity contribution in [2.45, 2.75) is 40.5 Å². The van der Waals surface area contributed by atoms with E-state index in [0.717, 1.165) is 27.9 Å². The van der Waals surface area contributed by atoms with E-state index in [9.17, 15) is 9.59 Å². The second kappa shape index (κ2) is 8.87. The first kappa shape index (κ1) is 22.8. The van der Waals surface area contributed by atoms with Gasteiger partial charge in [-0.15, -0.1) is 0 Å². The number of rotatable bonds is 5. The number of aryl methyl sites for hydroxylation is 3. The monoisotopic (exact) mass is 458 g/mol. The number of carbonyl (C=O) groups excluding carboxylic acids is 2. The molecule has 0 radical (unpaired) electrons. The molecule has 0 unspecified atom stereocenters. The van der Waals surface area contributed by atoms with Crippen molar-refractivity contribution >= 4 is 40.4 Å². The van der Waals surface area contributed by atoms with Crippen LogP contribution in [0.15, 0.2) is 66.4 Å². The highest BCUT2D eigenvalue weighted by molar-refractivity contribution is 6.46. The smallest absolute Gasteiger partial charge is 0.282 e. The van der Waals surface area contributed by atoms with Crippen LogP contribution in [0.3, 0.4) is 0 Å². The lowest BCUT2D eigenvalue weighted by molar-refractivity contribution is -0.120. The van der Waals surface area contributed by atoms with Crippen LogP contribution in [0.4, 0.5) is 11.4 Å². The van der Waals surface area contributed by atoms with Crippen LogP contribution in [-0.2, 0) is 9.59 Å². The summed E-state index contributed by atoms with van der Waals surface area (Å²) in [5.74, 6) is -0.354. The lowest BCUT2D eigenvalue weighted by Gasteiger charge is -2.17. The molecule has 0 saturated heterocycles. The number of imide groups is 1. The maximum Gasteiger partial charge on any atom is 0.282 e. The van der Waals surface area contributed by atoms with Crippen molar-refractivity contribution < 1.29 is 9.59 Å². The van der Waals surface area contributed by atoms with Gasteiger partial charge in [0.2, 0.25) is 0 Å². The third-order valence-electron chi connectivity index (χ3n) is 6.15. The van der Waals surface area contributed by atoms with E-state index in [4.69, 9.17) is 11.6 Å². The van der Waals surface area contributed by atoms with Gasteiger partial charge < -0.3 is 5.32 Å². The number of amides is 2. The first-order valence-electron chi connectivity index (χ1n) is 11.0. The maximum atomic E-state index is 13.7. The molecule has 1 N–H and O–H groups in total. The molecule has 3 aromatic carbocycles. The Labute approximate surface area is 199 Å². The molecule has 5 heteroatoms. The molecule has 0 atom stereocenters. The van der Waals surface area contributed by atoms with Gasteiger partial charge in [0.25, 0.3) is 11.8 Å². The standard InChI is InChI=1S/C28H27ClN2O2/c1-16(2)20-8-11-23(12-9-20)31-27(32)25(21-7-6-17(3)18(4)14-21)26(28(31)33)30-24-13-10-22(29)15-19(24)5/h6-16,30H,1-5H3. The fraction of sp³-hybridized carbons (Fsp3) is 0.214. The number of nitrogens with zero attached hydrogens (tertiary/aromatic N) is 1. The number of anilines is 2. The van der Waals surface area contributed by atoms with Gasteiger partial charge in [-0.3, -0.25) is 9.59 Å². The molecule has 0 bridgehead atoms. The van der Waals surface area contributed by atoms with Crippen molar-refractivity contribution in [3.8, 4) is 0 Å². The highest BCUT2D eigenvalue weighted by Crippen LogP contribution is 2.35. The molecule has 1 aliphatic heterocycles. The third kappa shape index (κ3) is 4.31. The molecular formula is C28H27ClN2O2. The molecule has 4 rings (SSSR count). The van der Waals surface area contributed by atoms with Crippen molar-refractivity contribution in [2.75, 3.05) is 10.2 Å². The number of nitrogens with one attached hydrogen (secondary N) is 1. The van der Waals surface area contributed by atoms with Gasteiger partial charge in [-0.1, -0.05) is 55.8 Å². The predicted octanol–water partition coefficient (Wildman–Crippen LogP) is 6.79. The lowest BCUT2D eigenvalue weighted by Crippen LogP contribution is -2.32. The predicted molar refractivity (Wildman–Crippen MR) is 136 cm³/mol. The molecule has 1 heterocycles. The summed E-state index contributed by atoms with van der Waals surface area (Å²) in [6, 6.07) is 18.8. The van der Waals surface area contributed by atoms with E-state index in [1.807, 2.05) is 75.4 Å². The third-order valence-corrected chi connectivity index (χ3v) is 6.38. The number of halogens is 1. The molecule has 0 fully saturated rings. The zero-order chi connectivity index (χ0) is 23.9.